The van der Waals surface area contributed by atoms with Gasteiger partial charge in [-0.3, -0.25) is 4.79 Å². The molecule has 0 bridgehead atoms. The Kier molecular flexibility index (Phi) is 3.36. The highest BCUT2D eigenvalue weighted by atomic mass is 79.9. The minimum atomic E-state index is -0.418. The van der Waals surface area contributed by atoms with E-state index in [1.54, 1.807) is 19.3 Å². The average Bonchev–Trinajstić information content (AvgIpc) is 2.17. The van der Waals surface area contributed by atoms with Gasteiger partial charge in [0.25, 0.3) is 0 Å². The van der Waals surface area contributed by atoms with Gasteiger partial charge in [-0.15, -0.1) is 0 Å². The summed E-state index contributed by atoms with van der Waals surface area (Å²) in [5.41, 5.74) is 0. The Morgan fingerprint density at radius 2 is 2.08 bits per heavy atom. The summed E-state index contributed by atoms with van der Waals surface area (Å²) in [6, 6.07) is 0. The first-order valence-electron chi connectivity index (χ1n) is 3.70. The molecule has 1 heterocycles. The Balaban J connectivity index is 2.83. The van der Waals surface area contributed by atoms with E-state index in [1.165, 1.54) is 7.11 Å². The van der Waals surface area contributed by atoms with E-state index in [-0.39, 0.29) is 5.97 Å². The molecular formula is C8H9BrN2O2. The number of rotatable bonds is 2. The summed E-state index contributed by atoms with van der Waals surface area (Å²) >= 11 is 3.21. The molecule has 0 aromatic carbocycles. The van der Waals surface area contributed by atoms with Gasteiger partial charge in [0.15, 0.2) is 0 Å². The smallest absolute Gasteiger partial charge is 0.316 e. The van der Waals surface area contributed by atoms with Crippen molar-refractivity contribution in [1.29, 1.82) is 0 Å². The van der Waals surface area contributed by atoms with Crippen LogP contribution in [0.2, 0.25) is 0 Å². The van der Waals surface area contributed by atoms with Crippen molar-refractivity contribution in [1.82, 2.24) is 9.97 Å². The standard InChI is InChI=1S/C8H9BrN2O2/c1-5(8(12)13-2)7-10-3-6(9)4-11-7/h3-5H,1-2H3. The summed E-state index contributed by atoms with van der Waals surface area (Å²) in [7, 11) is 1.34. The van der Waals surface area contributed by atoms with Gasteiger partial charge < -0.3 is 4.74 Å². The lowest BCUT2D eigenvalue weighted by atomic mass is 10.2. The predicted molar refractivity (Wildman–Crippen MR) is 50.2 cm³/mol. The molecule has 5 heteroatoms. The summed E-state index contributed by atoms with van der Waals surface area (Å²) in [5.74, 6) is -0.282. The molecule has 0 aliphatic heterocycles. The van der Waals surface area contributed by atoms with Gasteiger partial charge in [-0.1, -0.05) is 0 Å². The molecular weight excluding hydrogens is 236 g/mol. The van der Waals surface area contributed by atoms with Crippen molar-refractivity contribution < 1.29 is 9.53 Å². The fourth-order valence-electron chi connectivity index (χ4n) is 0.828. The minimum absolute atomic E-state index is 0.331. The maximum Gasteiger partial charge on any atom is 0.316 e. The Morgan fingerprint density at radius 3 is 2.54 bits per heavy atom. The van der Waals surface area contributed by atoms with Crippen LogP contribution >= 0.6 is 15.9 Å². The molecule has 1 aromatic rings. The molecule has 0 aliphatic carbocycles. The van der Waals surface area contributed by atoms with Crippen LogP contribution in [-0.4, -0.2) is 23.0 Å². The van der Waals surface area contributed by atoms with E-state index < -0.39 is 5.92 Å². The minimum Gasteiger partial charge on any atom is -0.468 e. The number of esters is 1. The van der Waals surface area contributed by atoms with E-state index in [4.69, 9.17) is 0 Å². The Labute approximate surface area is 84.5 Å². The first kappa shape index (κ1) is 10.1. The summed E-state index contributed by atoms with van der Waals surface area (Å²) in [6.07, 6.45) is 3.20. The van der Waals surface area contributed by atoms with Gasteiger partial charge >= 0.3 is 5.97 Å². The predicted octanol–water partition coefficient (Wildman–Crippen LogP) is 1.52. The van der Waals surface area contributed by atoms with Gasteiger partial charge in [0, 0.05) is 12.4 Å². The zero-order valence-corrected chi connectivity index (χ0v) is 8.91. The Morgan fingerprint density at radius 1 is 1.54 bits per heavy atom. The molecule has 0 amide bonds. The van der Waals surface area contributed by atoms with E-state index in [1.807, 2.05) is 0 Å². The molecule has 70 valence electrons. The molecule has 4 nitrogen and oxygen atoms in total. The van der Waals surface area contributed by atoms with Gasteiger partial charge in [0.2, 0.25) is 0 Å². The van der Waals surface area contributed by atoms with Crippen molar-refractivity contribution in [3.05, 3.63) is 22.7 Å². The number of carbonyl (C=O) groups excluding carboxylic acids is 1. The van der Waals surface area contributed by atoms with Crippen LogP contribution in [0.1, 0.15) is 18.7 Å². The van der Waals surface area contributed by atoms with Crippen LogP contribution < -0.4 is 0 Å². The molecule has 1 atom stereocenters. The topological polar surface area (TPSA) is 52.1 Å². The van der Waals surface area contributed by atoms with E-state index >= 15 is 0 Å². The van der Waals surface area contributed by atoms with Crippen LogP contribution in [0.4, 0.5) is 0 Å². The first-order chi connectivity index (χ1) is 6.15. The summed E-state index contributed by atoms with van der Waals surface area (Å²) < 4.78 is 5.35. The number of carbonyl (C=O) groups is 1. The molecule has 1 aromatic heterocycles. The molecule has 0 aliphatic rings. The highest BCUT2D eigenvalue weighted by molar-refractivity contribution is 9.10. The molecule has 1 rings (SSSR count). The van der Waals surface area contributed by atoms with E-state index in [2.05, 4.69) is 30.6 Å². The molecule has 13 heavy (non-hydrogen) atoms. The Bertz CT molecular complexity index is 300. The highest BCUT2D eigenvalue weighted by Crippen LogP contribution is 2.13. The number of hydrogen-bond acceptors (Lipinski definition) is 4. The lowest BCUT2D eigenvalue weighted by Gasteiger charge is -2.06. The fourth-order valence-corrected chi connectivity index (χ4v) is 1.03. The second-order valence-electron chi connectivity index (χ2n) is 2.50. The number of nitrogens with zero attached hydrogens (tertiary/aromatic N) is 2. The number of aromatic nitrogens is 2. The molecule has 0 saturated carbocycles. The highest BCUT2D eigenvalue weighted by Gasteiger charge is 2.17. The SMILES string of the molecule is COC(=O)C(C)c1ncc(Br)cn1. The monoisotopic (exact) mass is 244 g/mol. The third kappa shape index (κ3) is 2.48. The number of ether oxygens (including phenoxy) is 1. The number of halogens is 1. The zero-order chi connectivity index (χ0) is 9.84. The van der Waals surface area contributed by atoms with E-state index in [0.29, 0.717) is 5.82 Å². The average molecular weight is 245 g/mol. The van der Waals surface area contributed by atoms with Crippen molar-refractivity contribution in [2.75, 3.05) is 7.11 Å². The summed E-state index contributed by atoms with van der Waals surface area (Å²) in [6.45, 7) is 1.70. The molecule has 1 unspecified atom stereocenters. The number of methoxy groups -OCH3 is 1. The maximum atomic E-state index is 11.1. The van der Waals surface area contributed by atoms with E-state index in [9.17, 15) is 4.79 Å². The van der Waals surface area contributed by atoms with Crippen molar-refractivity contribution in [2.24, 2.45) is 0 Å². The molecule has 0 saturated heterocycles. The maximum absolute atomic E-state index is 11.1. The summed E-state index contributed by atoms with van der Waals surface area (Å²) in [4.78, 5) is 19.1. The van der Waals surface area contributed by atoms with Crippen LogP contribution in [0, 0.1) is 0 Å². The van der Waals surface area contributed by atoms with Crippen molar-refractivity contribution in [3.8, 4) is 0 Å². The fraction of sp³-hybridized carbons (Fsp3) is 0.375. The van der Waals surface area contributed by atoms with Crippen LogP contribution in [0.3, 0.4) is 0 Å². The van der Waals surface area contributed by atoms with Crippen LogP contribution in [-0.2, 0) is 9.53 Å². The largest absolute Gasteiger partial charge is 0.468 e. The van der Waals surface area contributed by atoms with Crippen molar-refractivity contribution in [2.45, 2.75) is 12.8 Å². The lowest BCUT2D eigenvalue weighted by Crippen LogP contribution is -2.13. The van der Waals surface area contributed by atoms with E-state index in [0.717, 1.165) is 4.47 Å². The number of hydrogen-bond donors (Lipinski definition) is 0. The van der Waals surface area contributed by atoms with Gasteiger partial charge in [-0.2, -0.15) is 0 Å². The van der Waals surface area contributed by atoms with Gasteiger partial charge in [0.05, 0.1) is 11.6 Å². The first-order valence-corrected chi connectivity index (χ1v) is 4.49. The quantitative estimate of drug-likeness (QED) is 0.741. The van der Waals surface area contributed by atoms with Gasteiger partial charge in [-0.25, -0.2) is 9.97 Å². The second kappa shape index (κ2) is 4.32. The van der Waals surface area contributed by atoms with Crippen molar-refractivity contribution >= 4 is 21.9 Å². The van der Waals surface area contributed by atoms with Gasteiger partial charge in [-0.05, 0) is 22.9 Å². The van der Waals surface area contributed by atoms with Crippen LogP contribution in [0.5, 0.6) is 0 Å². The molecule has 0 N–H and O–H groups in total. The summed E-state index contributed by atoms with van der Waals surface area (Å²) in [5, 5.41) is 0. The lowest BCUT2D eigenvalue weighted by molar-refractivity contribution is -0.142. The zero-order valence-electron chi connectivity index (χ0n) is 7.32. The normalized spacial score (nSPS) is 12.2. The van der Waals surface area contributed by atoms with Crippen LogP contribution in [0.25, 0.3) is 0 Å². The van der Waals surface area contributed by atoms with Crippen molar-refractivity contribution in [3.63, 3.8) is 0 Å². The molecule has 0 spiro atoms. The van der Waals surface area contributed by atoms with Crippen LogP contribution in [0.15, 0.2) is 16.9 Å². The third-order valence-electron chi connectivity index (χ3n) is 1.58. The Hall–Kier alpha value is -0.970. The molecule has 0 fully saturated rings. The third-order valence-corrected chi connectivity index (χ3v) is 1.99. The van der Waals surface area contributed by atoms with Gasteiger partial charge in [0.1, 0.15) is 11.7 Å². The molecule has 0 radical (unpaired) electrons. The second-order valence-corrected chi connectivity index (χ2v) is 3.42.